The van der Waals surface area contributed by atoms with Crippen molar-refractivity contribution in [2.45, 2.75) is 25.6 Å². The predicted molar refractivity (Wildman–Crippen MR) is 84.2 cm³/mol. The Balaban J connectivity index is 1.65. The Morgan fingerprint density at radius 3 is 2.74 bits per heavy atom. The third kappa shape index (κ3) is 4.26. The zero-order chi connectivity index (χ0) is 15.9. The molecule has 1 atom stereocenters. The summed E-state index contributed by atoms with van der Waals surface area (Å²) in [4.78, 5) is 20.1. The van der Waals surface area contributed by atoms with Crippen molar-refractivity contribution >= 4 is 5.91 Å². The highest BCUT2D eigenvalue weighted by Crippen LogP contribution is 2.17. The first-order valence-electron chi connectivity index (χ1n) is 7.44. The highest BCUT2D eigenvalue weighted by atomic mass is 16.2. The van der Waals surface area contributed by atoms with Crippen LogP contribution in [-0.4, -0.2) is 30.2 Å². The van der Waals surface area contributed by atoms with E-state index in [9.17, 15) is 4.79 Å². The molecule has 0 bridgehead atoms. The van der Waals surface area contributed by atoms with Gasteiger partial charge in [0.1, 0.15) is 19.2 Å². The van der Waals surface area contributed by atoms with Crippen molar-refractivity contribution in [1.29, 1.82) is 0 Å². The van der Waals surface area contributed by atoms with E-state index in [0.29, 0.717) is 6.54 Å². The van der Waals surface area contributed by atoms with Gasteiger partial charge < -0.3 is 9.88 Å². The predicted octanol–water partition coefficient (Wildman–Crippen LogP) is 1.42. The van der Waals surface area contributed by atoms with E-state index in [2.05, 4.69) is 20.4 Å². The number of hydrogen-bond donors (Lipinski definition) is 1. The molecule has 0 radical (unpaired) electrons. The largest absolute Gasteiger partial charge is 0.348 e. The van der Waals surface area contributed by atoms with Crippen LogP contribution in [0.25, 0.3) is 0 Å². The molecule has 3 rings (SSSR count). The quantitative estimate of drug-likeness (QED) is 0.716. The van der Waals surface area contributed by atoms with Crippen LogP contribution in [0.3, 0.4) is 0 Å². The molecule has 7 nitrogen and oxygen atoms in total. The lowest BCUT2D eigenvalue weighted by Crippen LogP contribution is -2.32. The van der Waals surface area contributed by atoms with Crippen LogP contribution in [-0.2, 0) is 17.9 Å². The number of carbonyl (C=O) groups excluding carboxylic acids is 1. The van der Waals surface area contributed by atoms with Crippen LogP contribution >= 0.6 is 0 Å². The second kappa shape index (κ2) is 7.35. The van der Waals surface area contributed by atoms with Crippen molar-refractivity contribution in [3.05, 3.63) is 67.3 Å². The minimum Gasteiger partial charge on any atom is -0.348 e. The summed E-state index contributed by atoms with van der Waals surface area (Å²) in [5, 5.41) is 7.19. The van der Waals surface area contributed by atoms with E-state index in [-0.39, 0.29) is 18.5 Å². The number of imidazole rings is 1. The Morgan fingerprint density at radius 1 is 1.17 bits per heavy atom. The Labute approximate surface area is 134 Å². The Morgan fingerprint density at radius 2 is 2.04 bits per heavy atom. The molecule has 0 spiro atoms. The molecule has 118 valence electrons. The molecular weight excluding hydrogens is 292 g/mol. The van der Waals surface area contributed by atoms with Crippen molar-refractivity contribution in [2.24, 2.45) is 0 Å². The molecule has 7 heteroatoms. The minimum absolute atomic E-state index is 0.0459. The first kappa shape index (κ1) is 15.0. The molecule has 2 heterocycles. The summed E-state index contributed by atoms with van der Waals surface area (Å²) < 4.78 is 3.51. The number of aromatic nitrogens is 5. The van der Waals surface area contributed by atoms with E-state index >= 15 is 0 Å². The number of benzene rings is 1. The SMILES string of the molecule is O=C(Cn1ccnc1)N[C@@H](CCn1cncn1)c1ccccc1. The third-order valence-corrected chi connectivity index (χ3v) is 3.54. The highest BCUT2D eigenvalue weighted by Gasteiger charge is 2.15. The van der Waals surface area contributed by atoms with Crippen LogP contribution in [0.1, 0.15) is 18.0 Å². The van der Waals surface area contributed by atoms with Gasteiger partial charge >= 0.3 is 0 Å². The molecule has 0 saturated carbocycles. The van der Waals surface area contributed by atoms with Gasteiger partial charge in [0.2, 0.25) is 5.91 Å². The molecule has 0 aliphatic heterocycles. The topological polar surface area (TPSA) is 77.6 Å². The Kier molecular flexibility index (Phi) is 4.78. The summed E-state index contributed by atoms with van der Waals surface area (Å²) in [5.74, 6) is -0.0459. The molecule has 23 heavy (non-hydrogen) atoms. The molecular formula is C16H18N6O. The maximum Gasteiger partial charge on any atom is 0.240 e. The van der Waals surface area contributed by atoms with Gasteiger partial charge in [0.25, 0.3) is 0 Å². The number of nitrogens with zero attached hydrogens (tertiary/aromatic N) is 5. The average Bonchev–Trinajstić information content (AvgIpc) is 3.26. The van der Waals surface area contributed by atoms with Crippen LogP contribution < -0.4 is 5.32 Å². The van der Waals surface area contributed by atoms with Gasteiger partial charge in [-0.3, -0.25) is 9.48 Å². The number of carbonyl (C=O) groups is 1. The second-order valence-electron chi connectivity index (χ2n) is 5.21. The van der Waals surface area contributed by atoms with E-state index in [4.69, 9.17) is 0 Å². The highest BCUT2D eigenvalue weighted by molar-refractivity contribution is 5.76. The van der Waals surface area contributed by atoms with Crippen LogP contribution in [0.2, 0.25) is 0 Å². The molecule has 0 unspecified atom stereocenters. The van der Waals surface area contributed by atoms with Crippen molar-refractivity contribution in [2.75, 3.05) is 0 Å². The monoisotopic (exact) mass is 310 g/mol. The number of aryl methyl sites for hydroxylation is 1. The van der Waals surface area contributed by atoms with Crippen LogP contribution in [0, 0.1) is 0 Å². The molecule has 1 amide bonds. The molecule has 2 aromatic heterocycles. The molecule has 3 aromatic rings. The first-order valence-corrected chi connectivity index (χ1v) is 7.44. The number of amides is 1. The van der Waals surface area contributed by atoms with Crippen LogP contribution in [0.4, 0.5) is 0 Å². The van der Waals surface area contributed by atoms with Gasteiger partial charge in [0.05, 0.1) is 12.4 Å². The van der Waals surface area contributed by atoms with Gasteiger partial charge in [-0.25, -0.2) is 9.97 Å². The molecule has 0 aliphatic carbocycles. The minimum atomic E-state index is -0.0728. The molecule has 1 N–H and O–H groups in total. The summed E-state index contributed by atoms with van der Waals surface area (Å²) in [5.41, 5.74) is 1.08. The number of nitrogens with one attached hydrogen (secondary N) is 1. The first-order chi connectivity index (χ1) is 11.3. The summed E-state index contributed by atoms with van der Waals surface area (Å²) in [6.07, 6.45) is 8.99. The van der Waals surface area contributed by atoms with Crippen molar-refractivity contribution < 1.29 is 4.79 Å². The van der Waals surface area contributed by atoms with E-state index in [1.165, 1.54) is 6.33 Å². The van der Waals surface area contributed by atoms with E-state index < -0.39 is 0 Å². The Bertz CT molecular complexity index is 708. The summed E-state index contributed by atoms with van der Waals surface area (Å²) >= 11 is 0. The molecule has 1 aromatic carbocycles. The fourth-order valence-corrected chi connectivity index (χ4v) is 2.40. The van der Waals surface area contributed by atoms with Crippen LogP contribution in [0.15, 0.2) is 61.7 Å². The van der Waals surface area contributed by atoms with Gasteiger partial charge in [-0.1, -0.05) is 30.3 Å². The summed E-state index contributed by atoms with van der Waals surface area (Å²) in [6, 6.07) is 9.87. The van der Waals surface area contributed by atoms with E-state index in [1.54, 1.807) is 34.3 Å². The average molecular weight is 310 g/mol. The van der Waals surface area contributed by atoms with E-state index in [0.717, 1.165) is 12.0 Å². The lowest BCUT2D eigenvalue weighted by atomic mass is 10.0. The lowest BCUT2D eigenvalue weighted by Gasteiger charge is -2.19. The van der Waals surface area contributed by atoms with Gasteiger partial charge in [0, 0.05) is 18.9 Å². The maximum absolute atomic E-state index is 12.3. The number of hydrogen-bond acceptors (Lipinski definition) is 4. The van der Waals surface area contributed by atoms with Crippen LogP contribution in [0.5, 0.6) is 0 Å². The zero-order valence-electron chi connectivity index (χ0n) is 12.6. The van der Waals surface area contributed by atoms with Crippen molar-refractivity contribution in [3.63, 3.8) is 0 Å². The van der Waals surface area contributed by atoms with Gasteiger partial charge in [-0.2, -0.15) is 5.10 Å². The Hall–Kier alpha value is -2.96. The molecule has 0 aliphatic rings. The summed E-state index contributed by atoms with van der Waals surface area (Å²) in [7, 11) is 0. The van der Waals surface area contributed by atoms with Crippen molar-refractivity contribution in [1.82, 2.24) is 29.6 Å². The van der Waals surface area contributed by atoms with E-state index in [1.807, 2.05) is 30.3 Å². The third-order valence-electron chi connectivity index (χ3n) is 3.54. The van der Waals surface area contributed by atoms with Gasteiger partial charge in [-0.15, -0.1) is 0 Å². The molecule has 0 fully saturated rings. The lowest BCUT2D eigenvalue weighted by molar-refractivity contribution is -0.122. The normalized spacial score (nSPS) is 12.0. The second-order valence-corrected chi connectivity index (χ2v) is 5.21. The zero-order valence-corrected chi connectivity index (χ0v) is 12.6. The van der Waals surface area contributed by atoms with Gasteiger partial charge in [-0.05, 0) is 12.0 Å². The smallest absolute Gasteiger partial charge is 0.240 e. The summed E-state index contributed by atoms with van der Waals surface area (Å²) in [6.45, 7) is 0.942. The maximum atomic E-state index is 12.3. The number of rotatable bonds is 7. The van der Waals surface area contributed by atoms with Crippen molar-refractivity contribution in [3.8, 4) is 0 Å². The molecule has 0 saturated heterocycles. The fourth-order valence-electron chi connectivity index (χ4n) is 2.40. The van der Waals surface area contributed by atoms with Gasteiger partial charge in [0.15, 0.2) is 0 Å². The fraction of sp³-hybridized carbons (Fsp3) is 0.250. The standard InChI is InChI=1S/C16H18N6O/c23-16(10-21-9-7-17-12-21)20-15(14-4-2-1-3-5-14)6-8-22-13-18-11-19-22/h1-5,7,9,11-13,15H,6,8,10H2,(H,20,23)/t15-/m0/s1.